The van der Waals surface area contributed by atoms with Crippen LogP contribution in [0.4, 0.5) is 10.8 Å². The van der Waals surface area contributed by atoms with E-state index in [9.17, 15) is 0 Å². The van der Waals surface area contributed by atoms with Gasteiger partial charge < -0.3 is 15.4 Å². The van der Waals surface area contributed by atoms with Crippen molar-refractivity contribution in [1.29, 1.82) is 0 Å². The topological polar surface area (TPSA) is 51.4 Å². The summed E-state index contributed by atoms with van der Waals surface area (Å²) in [5, 5.41) is 1.13. The Labute approximate surface area is 125 Å². The molecule has 2 heterocycles. The first kappa shape index (κ1) is 14.0. The van der Waals surface area contributed by atoms with E-state index in [1.807, 2.05) is 6.92 Å². The molecule has 3 rings (SSSR count). The van der Waals surface area contributed by atoms with Gasteiger partial charge in [-0.25, -0.2) is 0 Å². The number of piperidine rings is 1. The summed E-state index contributed by atoms with van der Waals surface area (Å²) in [4.78, 5) is 2.43. The third kappa shape index (κ3) is 2.60. The Morgan fingerprint density at radius 3 is 2.55 bits per heavy atom. The Hall–Kier alpha value is -0.970. The minimum atomic E-state index is 0.546. The molecule has 0 aromatic carbocycles. The van der Waals surface area contributed by atoms with Gasteiger partial charge in [-0.05, 0) is 49.6 Å². The molecule has 5 heteroatoms. The lowest BCUT2D eigenvalue weighted by Gasteiger charge is -2.44. The van der Waals surface area contributed by atoms with E-state index in [1.165, 1.54) is 56.5 Å². The molecule has 1 saturated heterocycles. The summed E-state index contributed by atoms with van der Waals surface area (Å²) >= 11 is 1.48. The number of nitrogens with two attached hydrogens (primary N) is 1. The number of aromatic nitrogens is 1. The molecule has 2 fully saturated rings. The highest BCUT2D eigenvalue weighted by Crippen LogP contribution is 2.47. The van der Waals surface area contributed by atoms with Gasteiger partial charge in [-0.15, -0.1) is 0 Å². The number of hydrogen-bond donors (Lipinski definition) is 1. The summed E-state index contributed by atoms with van der Waals surface area (Å²) in [7, 11) is 0. The standard InChI is InChI=1S/C15H25N3OS/c1-2-19-12-13(16)17-20-14(12)18-10-8-15(9-11-18)6-4-3-5-7-15/h2-11H2,1H3,(H2,16,17). The van der Waals surface area contributed by atoms with Crippen molar-refractivity contribution in [1.82, 2.24) is 4.37 Å². The van der Waals surface area contributed by atoms with E-state index in [2.05, 4.69) is 9.27 Å². The van der Waals surface area contributed by atoms with Gasteiger partial charge in [0.1, 0.15) is 0 Å². The monoisotopic (exact) mass is 295 g/mol. The molecule has 0 radical (unpaired) electrons. The molecule has 1 spiro atoms. The van der Waals surface area contributed by atoms with Gasteiger partial charge in [-0.3, -0.25) is 0 Å². The van der Waals surface area contributed by atoms with Crippen LogP contribution in [-0.2, 0) is 0 Å². The van der Waals surface area contributed by atoms with E-state index in [0.717, 1.165) is 23.8 Å². The smallest absolute Gasteiger partial charge is 0.197 e. The molecule has 4 nitrogen and oxygen atoms in total. The molecule has 1 aliphatic heterocycles. The molecular formula is C15H25N3OS. The minimum Gasteiger partial charge on any atom is -0.487 e. The van der Waals surface area contributed by atoms with Gasteiger partial charge in [-0.1, -0.05) is 19.3 Å². The quantitative estimate of drug-likeness (QED) is 0.924. The molecule has 1 aromatic rings. The second-order valence-corrected chi connectivity index (χ2v) is 6.93. The molecule has 2 aliphatic rings. The predicted molar refractivity (Wildman–Crippen MR) is 84.7 cm³/mol. The summed E-state index contributed by atoms with van der Waals surface area (Å²) in [5.74, 6) is 1.35. The average molecular weight is 295 g/mol. The van der Waals surface area contributed by atoms with Crippen LogP contribution in [0.1, 0.15) is 51.9 Å². The number of rotatable bonds is 3. The van der Waals surface area contributed by atoms with E-state index < -0.39 is 0 Å². The van der Waals surface area contributed by atoms with Crippen molar-refractivity contribution in [2.75, 3.05) is 30.3 Å². The lowest BCUT2D eigenvalue weighted by molar-refractivity contribution is 0.144. The highest BCUT2D eigenvalue weighted by Gasteiger charge is 2.36. The SMILES string of the molecule is CCOc1c(N)nsc1N1CCC2(CCCCC2)CC1. The maximum atomic E-state index is 5.92. The van der Waals surface area contributed by atoms with Crippen LogP contribution in [0, 0.1) is 5.41 Å². The number of hydrogen-bond acceptors (Lipinski definition) is 5. The van der Waals surface area contributed by atoms with Crippen molar-refractivity contribution < 1.29 is 4.74 Å². The van der Waals surface area contributed by atoms with Crippen molar-refractivity contribution in [3.8, 4) is 5.75 Å². The highest BCUT2D eigenvalue weighted by atomic mass is 32.1. The van der Waals surface area contributed by atoms with Crippen molar-refractivity contribution >= 4 is 22.4 Å². The van der Waals surface area contributed by atoms with E-state index in [-0.39, 0.29) is 0 Å². The van der Waals surface area contributed by atoms with Crippen LogP contribution >= 0.6 is 11.5 Å². The van der Waals surface area contributed by atoms with Gasteiger partial charge in [0.2, 0.25) is 0 Å². The third-order valence-corrected chi connectivity index (χ3v) is 5.88. The van der Waals surface area contributed by atoms with Crippen molar-refractivity contribution in [2.24, 2.45) is 5.41 Å². The molecular weight excluding hydrogens is 270 g/mol. The largest absolute Gasteiger partial charge is 0.487 e. The van der Waals surface area contributed by atoms with Crippen LogP contribution in [0.2, 0.25) is 0 Å². The minimum absolute atomic E-state index is 0.546. The fourth-order valence-electron chi connectivity index (χ4n) is 3.75. The molecule has 1 saturated carbocycles. The van der Waals surface area contributed by atoms with Crippen LogP contribution < -0.4 is 15.4 Å². The summed E-state index contributed by atoms with van der Waals surface area (Å²) < 4.78 is 9.95. The van der Waals surface area contributed by atoms with E-state index >= 15 is 0 Å². The molecule has 112 valence electrons. The lowest BCUT2D eigenvalue weighted by Crippen LogP contribution is -2.41. The predicted octanol–water partition coefficient (Wildman–Crippen LogP) is 3.67. The molecule has 2 N–H and O–H groups in total. The highest BCUT2D eigenvalue weighted by molar-refractivity contribution is 7.11. The first-order valence-electron chi connectivity index (χ1n) is 7.87. The van der Waals surface area contributed by atoms with Crippen LogP contribution in [0.25, 0.3) is 0 Å². The maximum Gasteiger partial charge on any atom is 0.197 e. The molecule has 0 atom stereocenters. The van der Waals surface area contributed by atoms with Gasteiger partial charge in [0.25, 0.3) is 0 Å². The fourth-order valence-corrected chi connectivity index (χ4v) is 4.56. The summed E-state index contributed by atoms with van der Waals surface area (Å²) in [6, 6.07) is 0. The Morgan fingerprint density at radius 2 is 1.90 bits per heavy atom. The maximum absolute atomic E-state index is 5.92. The van der Waals surface area contributed by atoms with Crippen molar-refractivity contribution in [2.45, 2.75) is 51.9 Å². The molecule has 1 aromatic heterocycles. The van der Waals surface area contributed by atoms with Crippen molar-refractivity contribution in [3.05, 3.63) is 0 Å². The number of nitrogen functional groups attached to an aromatic ring is 1. The van der Waals surface area contributed by atoms with Gasteiger partial charge in [0.15, 0.2) is 16.6 Å². The van der Waals surface area contributed by atoms with Crippen LogP contribution in [0.5, 0.6) is 5.75 Å². The van der Waals surface area contributed by atoms with Gasteiger partial charge in [0, 0.05) is 13.1 Å². The van der Waals surface area contributed by atoms with Crippen molar-refractivity contribution in [3.63, 3.8) is 0 Å². The average Bonchev–Trinajstić information content (AvgIpc) is 2.83. The van der Waals surface area contributed by atoms with Crippen LogP contribution in [0.15, 0.2) is 0 Å². The number of nitrogens with zero attached hydrogens (tertiary/aromatic N) is 2. The molecule has 0 bridgehead atoms. The Balaban J connectivity index is 1.68. The van der Waals surface area contributed by atoms with Gasteiger partial charge in [0.05, 0.1) is 6.61 Å². The Morgan fingerprint density at radius 1 is 1.20 bits per heavy atom. The lowest BCUT2D eigenvalue weighted by atomic mass is 9.68. The van der Waals surface area contributed by atoms with Crippen LogP contribution in [0.3, 0.4) is 0 Å². The summed E-state index contributed by atoms with van der Waals surface area (Å²) in [5.41, 5.74) is 6.55. The van der Waals surface area contributed by atoms with E-state index in [1.54, 1.807) is 0 Å². The number of anilines is 2. The zero-order valence-electron chi connectivity index (χ0n) is 12.4. The summed E-state index contributed by atoms with van der Waals surface area (Å²) in [6.45, 7) is 4.89. The Kier molecular flexibility index (Phi) is 4.06. The van der Waals surface area contributed by atoms with E-state index in [4.69, 9.17) is 10.5 Å². The van der Waals surface area contributed by atoms with E-state index in [0.29, 0.717) is 17.8 Å². The molecule has 20 heavy (non-hydrogen) atoms. The van der Waals surface area contributed by atoms with Crippen LogP contribution in [-0.4, -0.2) is 24.1 Å². The normalized spacial score (nSPS) is 22.1. The first-order chi connectivity index (χ1) is 9.74. The number of ether oxygens (including phenoxy) is 1. The summed E-state index contributed by atoms with van der Waals surface area (Å²) in [6.07, 6.45) is 9.79. The second-order valence-electron chi connectivity index (χ2n) is 6.18. The zero-order chi connectivity index (χ0) is 14.0. The second kappa shape index (κ2) is 5.80. The van der Waals surface area contributed by atoms with Gasteiger partial charge >= 0.3 is 0 Å². The molecule has 0 amide bonds. The zero-order valence-corrected chi connectivity index (χ0v) is 13.2. The third-order valence-electron chi connectivity index (χ3n) is 4.97. The molecule has 1 aliphatic carbocycles. The molecule has 0 unspecified atom stereocenters. The Bertz CT molecular complexity index is 444. The van der Waals surface area contributed by atoms with Gasteiger partial charge in [-0.2, -0.15) is 4.37 Å². The first-order valence-corrected chi connectivity index (χ1v) is 8.64. The fraction of sp³-hybridized carbons (Fsp3) is 0.800.